The van der Waals surface area contributed by atoms with Crippen molar-refractivity contribution < 1.29 is 12.8 Å². The van der Waals surface area contributed by atoms with Gasteiger partial charge in [0.2, 0.25) is 0 Å². The van der Waals surface area contributed by atoms with E-state index in [1.165, 1.54) is 30.6 Å². The van der Waals surface area contributed by atoms with Gasteiger partial charge in [-0.1, -0.05) is 13.0 Å². The standard InChI is InChI=1S/C14H16FN3O2S/c1-2-16-10-11-3-4-13(15)14(9-11)21(19,20)18-12-5-7-17-8-6-12/h3-9,16H,2,10H2,1H3,(H,17,18). The highest BCUT2D eigenvalue weighted by atomic mass is 32.2. The Morgan fingerprint density at radius 2 is 1.90 bits per heavy atom. The molecule has 7 heteroatoms. The Morgan fingerprint density at radius 1 is 1.19 bits per heavy atom. The Bertz CT molecular complexity index is 705. The predicted molar refractivity (Wildman–Crippen MR) is 78.8 cm³/mol. The van der Waals surface area contributed by atoms with Crippen molar-refractivity contribution in [2.75, 3.05) is 11.3 Å². The fourth-order valence-electron chi connectivity index (χ4n) is 1.76. The summed E-state index contributed by atoms with van der Waals surface area (Å²) in [6, 6.07) is 7.05. The molecule has 0 spiro atoms. The maximum Gasteiger partial charge on any atom is 0.264 e. The number of nitrogens with zero attached hydrogens (tertiary/aromatic N) is 1. The highest BCUT2D eigenvalue weighted by Gasteiger charge is 2.19. The van der Waals surface area contributed by atoms with Gasteiger partial charge in [0.15, 0.2) is 0 Å². The van der Waals surface area contributed by atoms with E-state index >= 15 is 0 Å². The first-order chi connectivity index (χ1) is 10.0. The van der Waals surface area contributed by atoms with E-state index in [2.05, 4.69) is 15.0 Å². The predicted octanol–water partition coefficient (Wildman–Crippen LogP) is 2.13. The largest absolute Gasteiger partial charge is 0.313 e. The van der Waals surface area contributed by atoms with Gasteiger partial charge in [0.25, 0.3) is 10.0 Å². The Balaban J connectivity index is 2.30. The molecule has 0 saturated heterocycles. The first-order valence-electron chi connectivity index (χ1n) is 6.45. The average molecular weight is 309 g/mol. The third-order valence-corrected chi connectivity index (χ3v) is 4.19. The monoisotopic (exact) mass is 309 g/mol. The second kappa shape index (κ2) is 6.64. The van der Waals surface area contributed by atoms with Crippen molar-refractivity contribution in [3.63, 3.8) is 0 Å². The lowest BCUT2D eigenvalue weighted by Crippen LogP contribution is -2.16. The van der Waals surface area contributed by atoms with Gasteiger partial charge < -0.3 is 5.32 Å². The van der Waals surface area contributed by atoms with Gasteiger partial charge in [-0.3, -0.25) is 9.71 Å². The lowest BCUT2D eigenvalue weighted by Gasteiger charge is -2.10. The molecule has 112 valence electrons. The molecule has 1 aromatic heterocycles. The number of benzene rings is 1. The van der Waals surface area contributed by atoms with Crippen molar-refractivity contribution in [1.82, 2.24) is 10.3 Å². The number of anilines is 1. The summed E-state index contributed by atoms with van der Waals surface area (Å²) in [7, 11) is -3.97. The van der Waals surface area contributed by atoms with Gasteiger partial charge in [-0.05, 0) is 36.4 Å². The Labute approximate surface area is 123 Å². The lowest BCUT2D eigenvalue weighted by atomic mass is 10.2. The van der Waals surface area contributed by atoms with Crippen LogP contribution in [0.3, 0.4) is 0 Å². The molecule has 0 aliphatic heterocycles. The molecule has 0 amide bonds. The first-order valence-corrected chi connectivity index (χ1v) is 7.93. The van der Waals surface area contributed by atoms with Gasteiger partial charge in [0.1, 0.15) is 10.7 Å². The third-order valence-electron chi connectivity index (χ3n) is 2.80. The molecular formula is C14H16FN3O2S. The van der Waals surface area contributed by atoms with Crippen molar-refractivity contribution in [2.45, 2.75) is 18.4 Å². The van der Waals surface area contributed by atoms with Gasteiger partial charge in [0.05, 0.1) is 5.69 Å². The first kappa shape index (κ1) is 15.4. The minimum atomic E-state index is -3.97. The summed E-state index contributed by atoms with van der Waals surface area (Å²) in [5, 5.41) is 3.07. The molecule has 0 aliphatic carbocycles. The van der Waals surface area contributed by atoms with Crippen molar-refractivity contribution >= 4 is 15.7 Å². The second-order valence-corrected chi connectivity index (χ2v) is 6.04. The third kappa shape index (κ3) is 3.99. The minimum Gasteiger partial charge on any atom is -0.313 e. The fourth-order valence-corrected chi connectivity index (χ4v) is 2.95. The van der Waals surface area contributed by atoms with Crippen LogP contribution >= 0.6 is 0 Å². The van der Waals surface area contributed by atoms with Gasteiger partial charge in [0, 0.05) is 18.9 Å². The quantitative estimate of drug-likeness (QED) is 0.857. The normalized spacial score (nSPS) is 11.3. The molecule has 2 N–H and O–H groups in total. The molecule has 0 bridgehead atoms. The number of halogens is 1. The zero-order valence-corrected chi connectivity index (χ0v) is 12.3. The number of aromatic nitrogens is 1. The molecule has 0 atom stereocenters. The molecule has 0 unspecified atom stereocenters. The summed E-state index contributed by atoms with van der Waals surface area (Å²) in [5.74, 6) is -0.781. The maximum absolute atomic E-state index is 13.8. The van der Waals surface area contributed by atoms with Crippen LogP contribution < -0.4 is 10.0 Å². The van der Waals surface area contributed by atoms with Gasteiger partial charge >= 0.3 is 0 Å². The number of pyridine rings is 1. The van der Waals surface area contributed by atoms with Crippen molar-refractivity contribution in [1.29, 1.82) is 0 Å². The Morgan fingerprint density at radius 3 is 2.57 bits per heavy atom. The average Bonchev–Trinajstić information content (AvgIpc) is 2.47. The van der Waals surface area contributed by atoms with E-state index in [-0.39, 0.29) is 4.90 Å². The molecule has 5 nitrogen and oxygen atoms in total. The highest BCUT2D eigenvalue weighted by molar-refractivity contribution is 7.92. The molecule has 0 radical (unpaired) electrons. The molecule has 21 heavy (non-hydrogen) atoms. The SMILES string of the molecule is CCNCc1ccc(F)c(S(=O)(=O)Nc2ccncc2)c1. The van der Waals surface area contributed by atoms with E-state index in [0.717, 1.165) is 12.6 Å². The molecule has 1 heterocycles. The zero-order valence-electron chi connectivity index (χ0n) is 11.5. The number of nitrogens with one attached hydrogen (secondary N) is 2. The Hall–Kier alpha value is -1.99. The molecule has 1 aromatic carbocycles. The summed E-state index contributed by atoms with van der Waals surface area (Å²) in [6.07, 6.45) is 2.91. The summed E-state index contributed by atoms with van der Waals surface area (Å²) in [4.78, 5) is 3.43. The van der Waals surface area contributed by atoms with Crippen LogP contribution in [0.4, 0.5) is 10.1 Å². The minimum absolute atomic E-state index is 0.335. The number of sulfonamides is 1. The second-order valence-electron chi connectivity index (χ2n) is 4.39. The fraction of sp³-hybridized carbons (Fsp3) is 0.214. The summed E-state index contributed by atoms with van der Waals surface area (Å²) >= 11 is 0. The molecular weight excluding hydrogens is 293 g/mol. The van der Waals surface area contributed by atoms with Crippen LogP contribution in [0.15, 0.2) is 47.6 Å². The Kier molecular flexibility index (Phi) is 4.87. The van der Waals surface area contributed by atoms with E-state index in [0.29, 0.717) is 17.8 Å². The lowest BCUT2D eigenvalue weighted by molar-refractivity contribution is 0.568. The van der Waals surface area contributed by atoms with Crippen LogP contribution in [0.2, 0.25) is 0 Å². The summed E-state index contributed by atoms with van der Waals surface area (Å²) < 4.78 is 40.7. The molecule has 2 rings (SSSR count). The molecule has 2 aromatic rings. The highest BCUT2D eigenvalue weighted by Crippen LogP contribution is 2.20. The number of rotatable bonds is 6. The maximum atomic E-state index is 13.8. The van der Waals surface area contributed by atoms with Crippen LogP contribution in [0.1, 0.15) is 12.5 Å². The van der Waals surface area contributed by atoms with E-state index < -0.39 is 15.8 Å². The van der Waals surface area contributed by atoms with Crippen molar-refractivity contribution in [2.24, 2.45) is 0 Å². The molecule has 0 saturated carbocycles. The van der Waals surface area contributed by atoms with Gasteiger partial charge in [-0.15, -0.1) is 0 Å². The van der Waals surface area contributed by atoms with E-state index in [1.54, 1.807) is 6.07 Å². The van der Waals surface area contributed by atoms with Crippen LogP contribution in [-0.4, -0.2) is 19.9 Å². The van der Waals surface area contributed by atoms with E-state index in [1.807, 2.05) is 6.92 Å². The zero-order chi connectivity index (χ0) is 15.3. The topological polar surface area (TPSA) is 71.1 Å². The number of hydrogen-bond acceptors (Lipinski definition) is 4. The van der Waals surface area contributed by atoms with E-state index in [9.17, 15) is 12.8 Å². The van der Waals surface area contributed by atoms with Crippen LogP contribution in [-0.2, 0) is 16.6 Å². The van der Waals surface area contributed by atoms with Crippen molar-refractivity contribution in [3.8, 4) is 0 Å². The molecule has 0 fully saturated rings. The van der Waals surface area contributed by atoms with E-state index in [4.69, 9.17) is 0 Å². The smallest absolute Gasteiger partial charge is 0.264 e. The molecule has 0 aliphatic rings. The van der Waals surface area contributed by atoms with Gasteiger partial charge in [-0.25, -0.2) is 12.8 Å². The van der Waals surface area contributed by atoms with Gasteiger partial charge in [-0.2, -0.15) is 0 Å². The van der Waals surface area contributed by atoms with Crippen LogP contribution in [0, 0.1) is 5.82 Å². The summed E-state index contributed by atoms with van der Waals surface area (Å²) in [6.45, 7) is 3.16. The van der Waals surface area contributed by atoms with Crippen LogP contribution in [0.25, 0.3) is 0 Å². The number of hydrogen-bond donors (Lipinski definition) is 2. The van der Waals surface area contributed by atoms with Crippen molar-refractivity contribution in [3.05, 3.63) is 54.1 Å². The van der Waals surface area contributed by atoms with Crippen LogP contribution in [0.5, 0.6) is 0 Å². The summed E-state index contributed by atoms with van der Waals surface area (Å²) in [5.41, 5.74) is 1.04.